The molecule has 0 bridgehead atoms. The van der Waals surface area contributed by atoms with Gasteiger partial charge >= 0.3 is 0 Å². The summed E-state index contributed by atoms with van der Waals surface area (Å²) in [5.41, 5.74) is 15.8. The third-order valence-corrected chi connectivity index (χ3v) is 15.0. The van der Waals surface area contributed by atoms with Crippen molar-refractivity contribution in [3.63, 3.8) is 0 Å². The Kier molecular flexibility index (Phi) is 7.46. The SMILES string of the molecule is Fc1ccc(-c2c3c(c(-c4ccccc4)c4ccccc24)-c2ccc4c5ccc6c7c(ccc(c8ccc-3c2c48)c75)-c2c-6c(-c3ccccc3)c3ccccc3c2-c2ccc(F)c(F)c2)cc1F. The lowest BCUT2D eigenvalue weighted by Gasteiger charge is -2.20. The second kappa shape index (κ2) is 13.5. The normalized spacial score (nSPS) is 12.4. The topological polar surface area (TPSA) is 0 Å². The minimum absolute atomic E-state index is 0.617. The van der Waals surface area contributed by atoms with Gasteiger partial charge in [0.15, 0.2) is 23.3 Å². The molecule has 0 aromatic heterocycles. The fourth-order valence-corrected chi connectivity index (χ4v) is 12.4. The summed E-state index contributed by atoms with van der Waals surface area (Å²) in [7, 11) is 0. The molecule has 0 N–H and O–H groups in total. The van der Waals surface area contributed by atoms with E-state index in [1.165, 1.54) is 24.3 Å². The van der Waals surface area contributed by atoms with Crippen LogP contribution in [-0.4, -0.2) is 0 Å². The molecule has 0 nitrogen and oxygen atoms in total. The van der Waals surface area contributed by atoms with E-state index in [9.17, 15) is 8.78 Å². The van der Waals surface area contributed by atoms with E-state index in [1.54, 1.807) is 12.1 Å². The van der Waals surface area contributed by atoms with E-state index < -0.39 is 23.3 Å². The fourth-order valence-electron chi connectivity index (χ4n) is 12.4. The van der Waals surface area contributed by atoms with Crippen LogP contribution in [0.25, 0.3) is 154 Å². The summed E-state index contributed by atoms with van der Waals surface area (Å²) >= 11 is 0. The second-order valence-electron chi connectivity index (χ2n) is 18.2. The number of hydrogen-bond acceptors (Lipinski definition) is 0. The van der Waals surface area contributed by atoms with Gasteiger partial charge in [0.25, 0.3) is 0 Å². The van der Waals surface area contributed by atoms with Crippen LogP contribution in [0.5, 0.6) is 0 Å². The number of rotatable bonds is 4. The van der Waals surface area contributed by atoms with Crippen molar-refractivity contribution in [2.45, 2.75) is 0 Å². The molecule has 0 aliphatic heterocycles. The zero-order chi connectivity index (χ0) is 45.1. The molecule has 0 amide bonds. The molecule has 68 heavy (non-hydrogen) atoms. The van der Waals surface area contributed by atoms with Crippen LogP contribution in [0.4, 0.5) is 17.6 Å². The summed E-state index contributed by atoms with van der Waals surface area (Å²) in [6.45, 7) is 0. The molecule has 0 saturated heterocycles. The Labute approximate surface area is 386 Å². The van der Waals surface area contributed by atoms with Crippen molar-refractivity contribution in [3.05, 3.63) is 217 Å². The molecule has 0 spiro atoms. The second-order valence-corrected chi connectivity index (χ2v) is 18.2. The first kappa shape index (κ1) is 37.6. The van der Waals surface area contributed by atoms with E-state index in [0.717, 1.165) is 143 Å². The van der Waals surface area contributed by atoms with Crippen LogP contribution < -0.4 is 0 Å². The number of fused-ring (bicyclic) bond motifs is 10. The summed E-state index contributed by atoms with van der Waals surface area (Å²) < 4.78 is 60.0. The Morgan fingerprint density at radius 2 is 0.485 bits per heavy atom. The van der Waals surface area contributed by atoms with E-state index >= 15 is 8.78 Å². The third-order valence-electron chi connectivity index (χ3n) is 15.0. The van der Waals surface area contributed by atoms with Crippen LogP contribution in [0, 0.1) is 23.3 Å². The zero-order valence-corrected chi connectivity index (χ0v) is 36.0. The van der Waals surface area contributed by atoms with Crippen LogP contribution in [0.1, 0.15) is 0 Å². The highest BCUT2D eigenvalue weighted by Gasteiger charge is 2.35. The van der Waals surface area contributed by atoms with Gasteiger partial charge in [-0.3, -0.25) is 0 Å². The maximum Gasteiger partial charge on any atom is 0.159 e. The molecule has 13 aromatic carbocycles. The monoisotopic (exact) mass is 876 g/mol. The van der Waals surface area contributed by atoms with Crippen molar-refractivity contribution in [2.75, 3.05) is 0 Å². The van der Waals surface area contributed by atoms with Gasteiger partial charge in [0, 0.05) is 0 Å². The highest BCUT2D eigenvalue weighted by molar-refractivity contribution is 6.42. The van der Waals surface area contributed by atoms with Crippen LogP contribution >= 0.6 is 0 Å². The Morgan fingerprint density at radius 1 is 0.191 bits per heavy atom. The molecule has 0 saturated carbocycles. The average molecular weight is 877 g/mol. The van der Waals surface area contributed by atoms with Crippen molar-refractivity contribution in [1.29, 1.82) is 0 Å². The van der Waals surface area contributed by atoms with Gasteiger partial charge in [-0.1, -0.05) is 170 Å². The fraction of sp³-hybridized carbons (Fsp3) is 0. The number of hydrogen-bond donors (Lipinski definition) is 0. The molecule has 2 aliphatic carbocycles. The Hall–Kier alpha value is -8.60. The smallest absolute Gasteiger partial charge is 0.159 e. The average Bonchev–Trinajstić information content (AvgIpc) is 3.89. The summed E-state index contributed by atoms with van der Waals surface area (Å²) in [6.07, 6.45) is 0. The van der Waals surface area contributed by atoms with E-state index in [-0.39, 0.29) is 0 Å². The van der Waals surface area contributed by atoms with Crippen LogP contribution in [-0.2, 0) is 0 Å². The molecular formula is C64H32F4. The van der Waals surface area contributed by atoms with Crippen LogP contribution in [0.3, 0.4) is 0 Å². The van der Waals surface area contributed by atoms with E-state index in [1.807, 2.05) is 36.4 Å². The minimum atomic E-state index is -0.885. The molecule has 15 rings (SSSR count). The maximum atomic E-state index is 15.3. The number of benzene rings is 13. The van der Waals surface area contributed by atoms with Crippen molar-refractivity contribution in [2.24, 2.45) is 0 Å². The lowest BCUT2D eigenvalue weighted by molar-refractivity contribution is 0.509. The maximum absolute atomic E-state index is 15.3. The molecule has 316 valence electrons. The van der Waals surface area contributed by atoms with Gasteiger partial charge in [0.2, 0.25) is 0 Å². The highest BCUT2D eigenvalue weighted by atomic mass is 19.2. The molecular weight excluding hydrogens is 845 g/mol. The van der Waals surface area contributed by atoms with E-state index in [4.69, 9.17) is 0 Å². The molecule has 2 aliphatic rings. The molecule has 13 aromatic rings. The molecule has 4 heteroatoms. The third kappa shape index (κ3) is 4.78. The van der Waals surface area contributed by atoms with Gasteiger partial charge in [-0.2, -0.15) is 0 Å². The lowest BCUT2D eigenvalue weighted by atomic mass is 9.82. The first-order valence-electron chi connectivity index (χ1n) is 22.9. The first-order chi connectivity index (χ1) is 33.4. The van der Waals surface area contributed by atoms with Crippen molar-refractivity contribution in [1.82, 2.24) is 0 Å². The Bertz CT molecular complexity index is 4090. The van der Waals surface area contributed by atoms with Crippen molar-refractivity contribution < 1.29 is 17.6 Å². The van der Waals surface area contributed by atoms with Crippen LogP contribution in [0.15, 0.2) is 194 Å². The van der Waals surface area contributed by atoms with Crippen LogP contribution in [0.2, 0.25) is 0 Å². The lowest BCUT2D eigenvalue weighted by Crippen LogP contribution is -1.94. The Balaban J connectivity index is 1.08. The first-order valence-corrected chi connectivity index (χ1v) is 22.9. The summed E-state index contributed by atoms with van der Waals surface area (Å²) in [6, 6.07) is 64.0. The van der Waals surface area contributed by atoms with Gasteiger partial charge in [-0.25, -0.2) is 17.6 Å². The highest BCUT2D eigenvalue weighted by Crippen LogP contribution is 2.63. The molecule has 0 radical (unpaired) electrons. The van der Waals surface area contributed by atoms with Gasteiger partial charge in [-0.05, 0) is 178 Å². The summed E-state index contributed by atoms with van der Waals surface area (Å²) in [5, 5.41) is 13.1. The van der Waals surface area contributed by atoms with Crippen molar-refractivity contribution in [3.8, 4) is 89.0 Å². The largest absolute Gasteiger partial charge is 0.204 e. The van der Waals surface area contributed by atoms with Gasteiger partial charge in [-0.15, -0.1) is 0 Å². The summed E-state index contributed by atoms with van der Waals surface area (Å²) in [4.78, 5) is 0. The molecule has 0 heterocycles. The Morgan fingerprint density at radius 3 is 0.794 bits per heavy atom. The quantitative estimate of drug-likeness (QED) is 0.0939. The van der Waals surface area contributed by atoms with Gasteiger partial charge in [0.05, 0.1) is 0 Å². The number of halogens is 4. The zero-order valence-electron chi connectivity index (χ0n) is 36.0. The predicted molar refractivity (Wildman–Crippen MR) is 273 cm³/mol. The minimum Gasteiger partial charge on any atom is -0.204 e. The molecule has 0 fully saturated rings. The molecule has 0 unspecified atom stereocenters. The summed E-state index contributed by atoms with van der Waals surface area (Å²) in [5.74, 6) is -3.53. The van der Waals surface area contributed by atoms with E-state index in [0.29, 0.717) is 11.1 Å². The molecule has 0 atom stereocenters. The van der Waals surface area contributed by atoms with Gasteiger partial charge < -0.3 is 0 Å². The van der Waals surface area contributed by atoms with E-state index in [2.05, 4.69) is 121 Å². The predicted octanol–water partition coefficient (Wildman–Crippen LogP) is 18.6. The van der Waals surface area contributed by atoms with Crippen molar-refractivity contribution >= 4 is 64.6 Å². The van der Waals surface area contributed by atoms with Gasteiger partial charge in [0.1, 0.15) is 0 Å². The standard InChI is InChI=1S/C64H32F4/c65-49-29-19-35(31-51(49)67)55-39-17-9-7-15-37(39)53(33-11-3-1-4-12-33)61-45-25-21-41-42-22-26-46-60-48(28-24-44(58(42)60)43-23-27-47(63(55)61)59(45)57(41)43)64-56(36-20-30-50(66)52(68)32-36)40-18-10-8-16-38(40)54(62(46)64)34-13-5-2-6-14-34/h1-32H.